The first-order chi connectivity index (χ1) is 8.58. The molecule has 0 aliphatic heterocycles. The molecule has 0 aromatic heterocycles. The average molecular weight is 260 g/mol. The predicted octanol–water partition coefficient (Wildman–Crippen LogP) is 2.19. The second-order valence-corrected chi connectivity index (χ2v) is 2.99. The minimum absolute atomic E-state index is 0. The van der Waals surface area contributed by atoms with Gasteiger partial charge in [-0.3, -0.25) is 9.59 Å². The standard InChI is InChI=1S/C6H6O2.C6H4O2.CH3B.CH4/c2*7-5-1-2-6(8)4-3-5;1-2;/h1-4,7-8H;1-4H;1H3;1H4. The minimum Gasteiger partial charge on any atom is -0.508 e. The summed E-state index contributed by atoms with van der Waals surface area (Å²) >= 11 is 0. The highest BCUT2D eigenvalue weighted by atomic mass is 16.3. The van der Waals surface area contributed by atoms with Crippen LogP contribution in [0, 0.1) is 0 Å². The number of carbonyl (C=O) groups is 2. The molecule has 1 aromatic carbocycles. The number of benzene rings is 1. The zero-order valence-electron chi connectivity index (χ0n) is 9.91. The second-order valence-electron chi connectivity index (χ2n) is 2.99. The van der Waals surface area contributed by atoms with Crippen molar-refractivity contribution >= 4 is 19.4 Å². The van der Waals surface area contributed by atoms with Gasteiger partial charge >= 0.3 is 0 Å². The van der Waals surface area contributed by atoms with Gasteiger partial charge in [0.1, 0.15) is 11.5 Å². The fourth-order valence-electron chi connectivity index (χ4n) is 0.892. The number of hydrogen-bond acceptors (Lipinski definition) is 4. The Labute approximate surface area is 114 Å². The molecule has 4 nitrogen and oxygen atoms in total. The monoisotopic (exact) mass is 260 g/mol. The lowest BCUT2D eigenvalue weighted by Crippen LogP contribution is -1.97. The van der Waals surface area contributed by atoms with E-state index < -0.39 is 0 Å². The summed E-state index contributed by atoms with van der Waals surface area (Å²) < 4.78 is 0. The SMILES string of the molecule is C.O=C1C=CC(=O)C=C1.Oc1ccc(O)cc1.[B]C. The van der Waals surface area contributed by atoms with Gasteiger partial charge in [0.25, 0.3) is 0 Å². The zero-order valence-corrected chi connectivity index (χ0v) is 9.91. The second kappa shape index (κ2) is 10.8. The highest BCUT2D eigenvalue weighted by Crippen LogP contribution is 2.13. The van der Waals surface area contributed by atoms with Gasteiger partial charge in [-0.05, 0) is 48.6 Å². The summed E-state index contributed by atoms with van der Waals surface area (Å²) in [6.07, 6.45) is 5.01. The van der Waals surface area contributed by atoms with E-state index >= 15 is 0 Å². The largest absolute Gasteiger partial charge is 0.508 e. The molecule has 0 unspecified atom stereocenters. The number of allylic oxidation sites excluding steroid dienone is 4. The minimum atomic E-state index is -0.121. The summed E-state index contributed by atoms with van der Waals surface area (Å²) in [5, 5.41) is 17.3. The number of hydrogen-bond donors (Lipinski definition) is 2. The summed E-state index contributed by atoms with van der Waals surface area (Å²) in [7, 11) is 4.50. The summed E-state index contributed by atoms with van der Waals surface area (Å²) in [4.78, 5) is 20.6. The average Bonchev–Trinajstić information content (AvgIpc) is 2.40. The summed E-state index contributed by atoms with van der Waals surface area (Å²) in [6.45, 7) is 1.50. The molecule has 5 heteroatoms. The van der Waals surface area contributed by atoms with E-state index in [0.29, 0.717) is 0 Å². The van der Waals surface area contributed by atoms with E-state index in [4.69, 9.17) is 10.2 Å². The van der Waals surface area contributed by atoms with Crippen molar-refractivity contribution in [2.45, 2.75) is 14.2 Å². The Bertz CT molecular complexity index is 388. The highest BCUT2D eigenvalue weighted by molar-refractivity contribution is 6.14. The van der Waals surface area contributed by atoms with Gasteiger partial charge in [-0.25, -0.2) is 0 Å². The Morgan fingerprint density at radius 2 is 0.947 bits per heavy atom. The molecule has 0 saturated carbocycles. The number of carbonyl (C=O) groups excluding carboxylic acids is 2. The molecule has 2 N–H and O–H groups in total. The Kier molecular flexibility index (Phi) is 10.9. The van der Waals surface area contributed by atoms with Crippen molar-refractivity contribution in [2.24, 2.45) is 0 Å². The third kappa shape index (κ3) is 9.41. The van der Waals surface area contributed by atoms with Crippen molar-refractivity contribution in [1.29, 1.82) is 0 Å². The lowest BCUT2D eigenvalue weighted by molar-refractivity contribution is -0.113. The quantitative estimate of drug-likeness (QED) is 0.426. The van der Waals surface area contributed by atoms with Gasteiger partial charge in [0.15, 0.2) is 11.6 Å². The van der Waals surface area contributed by atoms with E-state index in [1.165, 1.54) is 55.4 Å². The molecule has 1 aromatic rings. The maximum atomic E-state index is 10.3. The van der Waals surface area contributed by atoms with Crippen LogP contribution < -0.4 is 0 Å². The van der Waals surface area contributed by atoms with Crippen molar-refractivity contribution in [3.05, 3.63) is 48.6 Å². The molecule has 2 radical (unpaired) electrons. The molecular weight excluding hydrogens is 243 g/mol. The Balaban J connectivity index is 0. The topological polar surface area (TPSA) is 74.6 Å². The van der Waals surface area contributed by atoms with Gasteiger partial charge in [-0.15, -0.1) is 0 Å². The number of phenols is 2. The maximum absolute atomic E-state index is 10.3. The predicted molar refractivity (Wildman–Crippen MR) is 76.4 cm³/mol. The third-order valence-corrected chi connectivity index (χ3v) is 1.67. The molecule has 100 valence electrons. The van der Waals surface area contributed by atoms with E-state index in [1.54, 1.807) is 0 Å². The normalized spacial score (nSPS) is 11.4. The van der Waals surface area contributed by atoms with Gasteiger partial charge in [-0.2, -0.15) is 0 Å². The number of phenolic OH excluding ortho intramolecular Hbond substituents is 2. The lowest BCUT2D eigenvalue weighted by atomic mass is 10.2. The number of rotatable bonds is 0. The van der Waals surface area contributed by atoms with Crippen molar-refractivity contribution in [1.82, 2.24) is 0 Å². The first-order valence-electron chi connectivity index (χ1n) is 5.08. The van der Waals surface area contributed by atoms with Crippen LogP contribution in [0.25, 0.3) is 0 Å². The molecule has 1 aliphatic rings. The van der Waals surface area contributed by atoms with E-state index in [9.17, 15) is 9.59 Å². The van der Waals surface area contributed by atoms with Crippen molar-refractivity contribution in [2.75, 3.05) is 0 Å². The van der Waals surface area contributed by atoms with Crippen LogP contribution in [0.4, 0.5) is 0 Å². The molecular formula is C14H17BO4. The van der Waals surface area contributed by atoms with Crippen LogP contribution in [0.5, 0.6) is 11.5 Å². The molecule has 0 amide bonds. The van der Waals surface area contributed by atoms with Crippen LogP contribution in [0.1, 0.15) is 7.43 Å². The van der Waals surface area contributed by atoms with Gasteiger partial charge in [0.2, 0.25) is 0 Å². The molecule has 0 heterocycles. The Hall–Kier alpha value is -2.30. The molecule has 0 saturated heterocycles. The zero-order chi connectivity index (χ0) is 14.0. The molecule has 0 spiro atoms. The molecule has 19 heavy (non-hydrogen) atoms. The van der Waals surface area contributed by atoms with Crippen LogP contribution >= 0.6 is 0 Å². The lowest BCUT2D eigenvalue weighted by Gasteiger charge is -1.88. The van der Waals surface area contributed by atoms with Gasteiger partial charge in [-0.1, -0.05) is 14.2 Å². The van der Waals surface area contributed by atoms with Crippen LogP contribution in [0.2, 0.25) is 6.82 Å². The first-order valence-corrected chi connectivity index (χ1v) is 5.08. The molecule has 2 rings (SSSR count). The summed E-state index contributed by atoms with van der Waals surface area (Å²) in [5.41, 5.74) is 0. The first kappa shape index (κ1) is 19.1. The van der Waals surface area contributed by atoms with Gasteiger partial charge in [0, 0.05) is 0 Å². The van der Waals surface area contributed by atoms with Crippen LogP contribution in [-0.2, 0) is 9.59 Å². The fourth-order valence-corrected chi connectivity index (χ4v) is 0.892. The Morgan fingerprint density at radius 3 is 1.16 bits per heavy atom. The number of aromatic hydroxyl groups is 2. The maximum Gasteiger partial charge on any atom is 0.178 e. The molecule has 0 fully saturated rings. The Morgan fingerprint density at radius 1 is 0.737 bits per heavy atom. The van der Waals surface area contributed by atoms with E-state index in [1.807, 2.05) is 0 Å². The van der Waals surface area contributed by atoms with Crippen LogP contribution in [0.3, 0.4) is 0 Å². The third-order valence-electron chi connectivity index (χ3n) is 1.67. The smallest absolute Gasteiger partial charge is 0.178 e. The summed E-state index contributed by atoms with van der Waals surface area (Å²) in [5.74, 6) is 0.0970. The van der Waals surface area contributed by atoms with E-state index in [0.717, 1.165) is 0 Å². The van der Waals surface area contributed by atoms with Crippen molar-refractivity contribution in [3.8, 4) is 11.5 Å². The number of ketones is 2. The van der Waals surface area contributed by atoms with Crippen LogP contribution in [-0.4, -0.2) is 29.6 Å². The fraction of sp³-hybridized carbons (Fsp3) is 0.143. The van der Waals surface area contributed by atoms with Gasteiger partial charge < -0.3 is 10.2 Å². The molecule has 0 atom stereocenters. The highest BCUT2D eigenvalue weighted by Gasteiger charge is 1.97. The van der Waals surface area contributed by atoms with Gasteiger partial charge in [0.05, 0.1) is 7.85 Å². The summed E-state index contributed by atoms with van der Waals surface area (Å²) in [6, 6.07) is 5.70. The molecule has 0 bridgehead atoms. The van der Waals surface area contributed by atoms with E-state index in [-0.39, 0.29) is 30.5 Å². The van der Waals surface area contributed by atoms with E-state index in [2.05, 4.69) is 7.85 Å². The van der Waals surface area contributed by atoms with Crippen molar-refractivity contribution < 1.29 is 19.8 Å². The molecule has 1 aliphatic carbocycles. The van der Waals surface area contributed by atoms with Crippen molar-refractivity contribution in [3.63, 3.8) is 0 Å². The van der Waals surface area contributed by atoms with Crippen LogP contribution in [0.15, 0.2) is 48.6 Å².